The topological polar surface area (TPSA) is 96.0 Å². The second-order valence-electron chi connectivity index (χ2n) is 8.42. The van der Waals surface area contributed by atoms with Gasteiger partial charge in [0, 0.05) is 36.0 Å². The number of hydrogen-bond acceptors (Lipinski definition) is 6. The Labute approximate surface area is 170 Å². The van der Waals surface area contributed by atoms with Gasteiger partial charge in [0.25, 0.3) is 0 Å². The molecule has 0 saturated carbocycles. The Morgan fingerprint density at radius 2 is 1.90 bits per heavy atom. The third-order valence-corrected chi connectivity index (χ3v) is 6.77. The maximum absolute atomic E-state index is 12.8. The monoisotopic (exact) mass is 412 g/mol. The lowest BCUT2D eigenvalue weighted by Crippen LogP contribution is -2.40. The molecule has 0 bridgehead atoms. The molecular formula is C21H24N4O3S. The highest BCUT2D eigenvalue weighted by Crippen LogP contribution is 2.28. The van der Waals surface area contributed by atoms with Crippen LogP contribution in [0.15, 0.2) is 36.7 Å². The molecule has 3 heterocycles. The van der Waals surface area contributed by atoms with E-state index < -0.39 is 15.3 Å². The number of Topliss-reactive ketones (excluding diaryl/α,β-unsaturated/α-hetero) is 1. The van der Waals surface area contributed by atoms with Crippen LogP contribution in [0.5, 0.6) is 0 Å². The van der Waals surface area contributed by atoms with Crippen LogP contribution in [0.25, 0.3) is 22.4 Å². The Bertz CT molecular complexity index is 1180. The number of benzene rings is 1. The predicted molar refractivity (Wildman–Crippen MR) is 114 cm³/mol. The van der Waals surface area contributed by atoms with Crippen LogP contribution in [0.2, 0.25) is 0 Å². The van der Waals surface area contributed by atoms with Crippen molar-refractivity contribution in [1.82, 2.24) is 15.0 Å². The smallest absolute Gasteiger partial charge is 0.171 e. The highest BCUT2D eigenvalue weighted by Gasteiger charge is 2.26. The van der Waals surface area contributed by atoms with Gasteiger partial charge in [-0.1, -0.05) is 32.9 Å². The van der Waals surface area contributed by atoms with E-state index in [1.807, 2.05) is 45.0 Å². The highest BCUT2D eigenvalue weighted by atomic mass is 32.2. The zero-order chi connectivity index (χ0) is 20.8. The van der Waals surface area contributed by atoms with Crippen molar-refractivity contribution in [1.29, 1.82) is 0 Å². The molecule has 0 atom stereocenters. The second-order valence-corrected chi connectivity index (χ2v) is 10.7. The molecule has 152 valence electrons. The van der Waals surface area contributed by atoms with Crippen molar-refractivity contribution in [2.45, 2.75) is 20.8 Å². The number of rotatable bonds is 3. The molecular weight excluding hydrogens is 388 g/mol. The molecule has 0 radical (unpaired) electrons. The summed E-state index contributed by atoms with van der Waals surface area (Å²) in [6.07, 6.45) is 3.36. The zero-order valence-electron chi connectivity index (χ0n) is 16.8. The molecule has 1 fully saturated rings. The largest absolute Gasteiger partial charge is 0.369 e. The molecule has 4 rings (SSSR count). The van der Waals surface area contributed by atoms with Crippen LogP contribution in [-0.4, -0.2) is 53.7 Å². The van der Waals surface area contributed by atoms with Crippen molar-refractivity contribution in [3.8, 4) is 11.3 Å². The van der Waals surface area contributed by atoms with E-state index in [9.17, 15) is 13.2 Å². The lowest BCUT2D eigenvalue weighted by atomic mass is 9.87. The van der Waals surface area contributed by atoms with E-state index in [1.165, 1.54) is 0 Å². The van der Waals surface area contributed by atoms with Gasteiger partial charge in [-0.25, -0.2) is 18.4 Å². The van der Waals surface area contributed by atoms with Crippen LogP contribution in [-0.2, 0) is 9.84 Å². The van der Waals surface area contributed by atoms with Crippen LogP contribution in [0.4, 0.5) is 5.69 Å². The van der Waals surface area contributed by atoms with Crippen molar-refractivity contribution in [2.24, 2.45) is 5.41 Å². The lowest BCUT2D eigenvalue weighted by molar-refractivity contribution is 0.0860. The third kappa shape index (κ3) is 3.89. The summed E-state index contributed by atoms with van der Waals surface area (Å²) in [5.74, 6) is 0.355. The minimum atomic E-state index is -2.93. The third-order valence-electron chi connectivity index (χ3n) is 5.16. The first-order chi connectivity index (χ1) is 13.6. The van der Waals surface area contributed by atoms with Crippen LogP contribution in [0, 0.1) is 5.41 Å². The number of nitrogens with one attached hydrogen (secondary N) is 1. The van der Waals surface area contributed by atoms with Crippen LogP contribution < -0.4 is 4.90 Å². The number of aromatic nitrogens is 3. The number of nitrogens with zero attached hydrogens (tertiary/aromatic N) is 3. The minimum Gasteiger partial charge on any atom is -0.369 e. The maximum Gasteiger partial charge on any atom is 0.171 e. The Hall–Kier alpha value is -2.74. The summed E-state index contributed by atoms with van der Waals surface area (Å²) in [7, 11) is -2.93. The fourth-order valence-corrected chi connectivity index (χ4v) is 4.64. The van der Waals surface area contributed by atoms with E-state index in [-0.39, 0.29) is 17.3 Å². The Kier molecular flexibility index (Phi) is 4.69. The maximum atomic E-state index is 12.8. The minimum absolute atomic E-state index is 0.0125. The van der Waals surface area contributed by atoms with Crippen molar-refractivity contribution in [3.63, 3.8) is 0 Å². The molecule has 0 amide bonds. The second kappa shape index (κ2) is 6.95. The molecule has 7 nitrogen and oxygen atoms in total. The Morgan fingerprint density at radius 3 is 2.59 bits per heavy atom. The first-order valence-corrected chi connectivity index (χ1v) is 11.4. The number of hydrogen-bond donors (Lipinski definition) is 1. The van der Waals surface area contributed by atoms with Gasteiger partial charge < -0.3 is 9.88 Å². The number of anilines is 1. The van der Waals surface area contributed by atoms with E-state index in [4.69, 9.17) is 4.98 Å². The summed E-state index contributed by atoms with van der Waals surface area (Å²) in [5, 5.41) is 0. The Morgan fingerprint density at radius 1 is 1.17 bits per heavy atom. The molecule has 1 N–H and O–H groups in total. The van der Waals surface area contributed by atoms with Gasteiger partial charge in [-0.05, 0) is 12.1 Å². The van der Waals surface area contributed by atoms with E-state index >= 15 is 0 Å². The summed E-state index contributed by atoms with van der Waals surface area (Å²) in [4.78, 5) is 27.0. The molecule has 0 unspecified atom stereocenters. The molecule has 29 heavy (non-hydrogen) atoms. The zero-order valence-corrected chi connectivity index (χ0v) is 17.6. The number of ketones is 1. The van der Waals surface area contributed by atoms with Crippen molar-refractivity contribution in [2.75, 3.05) is 29.5 Å². The fourth-order valence-electron chi connectivity index (χ4n) is 3.44. The van der Waals surface area contributed by atoms with E-state index in [2.05, 4.69) is 14.9 Å². The summed E-state index contributed by atoms with van der Waals surface area (Å²) in [6, 6.07) is 7.83. The standard InChI is InChI=1S/C21H24N4O3S/c1-21(2,3)19(26)16-12-22-20-18(16)24-17(13-23-20)14-5-4-6-15(11-14)25-7-9-29(27,28)10-8-25/h4-6,11-13H,7-10H2,1-3H3,(H,22,23). The first kappa shape index (κ1) is 19.6. The SMILES string of the molecule is CC(C)(C)C(=O)c1c[nH]c2ncc(-c3cccc(N4CCS(=O)(=O)CC4)c3)nc12. The molecule has 2 aromatic heterocycles. The first-order valence-electron chi connectivity index (χ1n) is 9.59. The van der Waals surface area contributed by atoms with E-state index in [0.717, 1.165) is 11.3 Å². The van der Waals surface area contributed by atoms with Crippen LogP contribution >= 0.6 is 0 Å². The number of aromatic amines is 1. The van der Waals surface area contributed by atoms with Crippen LogP contribution in [0.3, 0.4) is 0 Å². The summed E-state index contributed by atoms with van der Waals surface area (Å²) < 4.78 is 23.4. The lowest BCUT2D eigenvalue weighted by Gasteiger charge is -2.29. The van der Waals surface area contributed by atoms with E-state index in [1.54, 1.807) is 12.4 Å². The summed E-state index contributed by atoms with van der Waals surface area (Å²) in [6.45, 7) is 6.62. The molecule has 8 heteroatoms. The quantitative estimate of drug-likeness (QED) is 0.664. The van der Waals surface area contributed by atoms with Gasteiger partial charge in [-0.2, -0.15) is 0 Å². The summed E-state index contributed by atoms with van der Waals surface area (Å²) in [5.41, 5.74) is 3.68. The van der Waals surface area contributed by atoms with Gasteiger partial charge in [0.05, 0.1) is 29.0 Å². The average molecular weight is 413 g/mol. The van der Waals surface area contributed by atoms with Gasteiger partial charge in [-0.3, -0.25) is 4.79 Å². The Balaban J connectivity index is 1.69. The van der Waals surface area contributed by atoms with Gasteiger partial charge in [0.2, 0.25) is 0 Å². The van der Waals surface area contributed by atoms with Gasteiger partial charge in [-0.15, -0.1) is 0 Å². The van der Waals surface area contributed by atoms with E-state index in [0.29, 0.717) is 35.5 Å². The summed E-state index contributed by atoms with van der Waals surface area (Å²) >= 11 is 0. The average Bonchev–Trinajstić information content (AvgIpc) is 3.09. The normalized spacial score (nSPS) is 16.9. The number of fused-ring (bicyclic) bond motifs is 1. The van der Waals surface area contributed by atoms with Crippen molar-refractivity contribution >= 4 is 32.5 Å². The molecule has 0 aliphatic carbocycles. The molecule has 1 aliphatic rings. The van der Waals surface area contributed by atoms with Crippen molar-refractivity contribution in [3.05, 3.63) is 42.2 Å². The molecule has 3 aromatic rings. The molecule has 1 saturated heterocycles. The van der Waals surface area contributed by atoms with Gasteiger partial charge >= 0.3 is 0 Å². The highest BCUT2D eigenvalue weighted by molar-refractivity contribution is 7.91. The van der Waals surface area contributed by atoms with Gasteiger partial charge in [0.1, 0.15) is 5.52 Å². The number of sulfone groups is 1. The molecule has 1 aliphatic heterocycles. The van der Waals surface area contributed by atoms with Crippen LogP contribution in [0.1, 0.15) is 31.1 Å². The predicted octanol–water partition coefficient (Wildman–Crippen LogP) is 3.09. The molecule has 1 aromatic carbocycles. The molecule has 0 spiro atoms. The van der Waals surface area contributed by atoms with Gasteiger partial charge in [0.15, 0.2) is 21.3 Å². The number of carbonyl (C=O) groups excluding carboxylic acids is 1. The fraction of sp³-hybridized carbons (Fsp3) is 0.381. The number of carbonyl (C=O) groups is 1. The number of H-pyrrole nitrogens is 1. The van der Waals surface area contributed by atoms with Crippen molar-refractivity contribution < 1.29 is 13.2 Å².